The maximum atomic E-state index is 3.51. The minimum absolute atomic E-state index is 0.807. The maximum absolute atomic E-state index is 3.51. The lowest BCUT2D eigenvalue weighted by Gasteiger charge is -2.22. The molecule has 2 unspecified atom stereocenters. The van der Waals surface area contributed by atoms with E-state index in [2.05, 4.69) is 55.3 Å². The maximum Gasteiger partial charge on any atom is 0.0412 e. The summed E-state index contributed by atoms with van der Waals surface area (Å²) in [6.45, 7) is 11.4. The molecule has 1 N–H and O–H groups in total. The van der Waals surface area contributed by atoms with E-state index in [0.29, 0.717) is 0 Å². The molecule has 100 valence electrons. The zero-order valence-corrected chi connectivity index (χ0v) is 11.9. The van der Waals surface area contributed by atoms with Gasteiger partial charge in [-0.2, -0.15) is 0 Å². The van der Waals surface area contributed by atoms with Crippen molar-refractivity contribution in [3.8, 4) is 0 Å². The highest BCUT2D eigenvalue weighted by molar-refractivity contribution is 5.54. The van der Waals surface area contributed by atoms with Gasteiger partial charge in [0.25, 0.3) is 0 Å². The second-order valence-electron chi connectivity index (χ2n) is 5.67. The van der Waals surface area contributed by atoms with Crippen LogP contribution in [-0.2, 0) is 6.54 Å². The molecule has 1 aliphatic rings. The Balaban J connectivity index is 2.07. The van der Waals surface area contributed by atoms with Gasteiger partial charge in [-0.3, -0.25) is 0 Å². The summed E-state index contributed by atoms with van der Waals surface area (Å²) >= 11 is 0. The second-order valence-corrected chi connectivity index (χ2v) is 5.67. The van der Waals surface area contributed by atoms with Gasteiger partial charge in [-0.05, 0) is 36.4 Å². The van der Waals surface area contributed by atoms with E-state index in [0.717, 1.165) is 24.9 Å². The lowest BCUT2D eigenvalue weighted by atomic mass is 10.0. The molecule has 0 aliphatic carbocycles. The molecule has 18 heavy (non-hydrogen) atoms. The molecule has 1 fully saturated rings. The number of nitrogens with one attached hydrogen (secondary N) is 1. The molecule has 0 saturated carbocycles. The van der Waals surface area contributed by atoms with Crippen LogP contribution in [0.1, 0.15) is 32.8 Å². The molecule has 1 aromatic rings. The first-order valence-electron chi connectivity index (χ1n) is 7.26. The number of rotatable bonds is 5. The third-order valence-electron chi connectivity index (χ3n) is 4.06. The van der Waals surface area contributed by atoms with Crippen molar-refractivity contribution in [3.63, 3.8) is 0 Å². The lowest BCUT2D eigenvalue weighted by molar-refractivity contribution is 0.494. The predicted octanol–water partition coefficient (Wildman–Crippen LogP) is 3.28. The Morgan fingerprint density at radius 2 is 1.83 bits per heavy atom. The summed E-state index contributed by atoms with van der Waals surface area (Å²) in [4.78, 5) is 2.55. The first kappa shape index (κ1) is 13.4. The summed E-state index contributed by atoms with van der Waals surface area (Å²) in [7, 11) is 0. The summed E-state index contributed by atoms with van der Waals surface area (Å²) in [5.41, 5.74) is 2.87. The quantitative estimate of drug-likeness (QED) is 0.802. The highest BCUT2D eigenvalue weighted by Gasteiger charge is 2.26. The molecule has 1 heterocycles. The monoisotopic (exact) mass is 246 g/mol. The number of hydrogen-bond donors (Lipinski definition) is 1. The number of anilines is 1. The minimum Gasteiger partial charge on any atom is -0.371 e. The molecule has 0 amide bonds. The number of para-hydroxylation sites is 1. The molecule has 2 nitrogen and oxygen atoms in total. The van der Waals surface area contributed by atoms with Crippen molar-refractivity contribution in [1.29, 1.82) is 0 Å². The normalized spacial score (nSPS) is 23.6. The first-order valence-corrected chi connectivity index (χ1v) is 7.26. The van der Waals surface area contributed by atoms with Crippen LogP contribution in [0.3, 0.4) is 0 Å². The van der Waals surface area contributed by atoms with Gasteiger partial charge in [0.15, 0.2) is 0 Å². The summed E-state index contributed by atoms with van der Waals surface area (Å²) < 4.78 is 0. The minimum atomic E-state index is 0.807. The molecule has 2 heteroatoms. The van der Waals surface area contributed by atoms with Crippen LogP contribution in [0.5, 0.6) is 0 Å². The van der Waals surface area contributed by atoms with Gasteiger partial charge in [0.2, 0.25) is 0 Å². The van der Waals surface area contributed by atoms with Gasteiger partial charge in [-0.25, -0.2) is 0 Å². The van der Waals surface area contributed by atoms with Gasteiger partial charge in [0.1, 0.15) is 0 Å². The Kier molecular flexibility index (Phi) is 4.65. The fourth-order valence-corrected chi connectivity index (χ4v) is 2.70. The SMILES string of the molecule is CCCNCc1ccccc1N1CC(C)C(C)C1. The van der Waals surface area contributed by atoms with Crippen molar-refractivity contribution in [1.82, 2.24) is 5.32 Å². The van der Waals surface area contributed by atoms with Gasteiger partial charge in [-0.15, -0.1) is 0 Å². The van der Waals surface area contributed by atoms with E-state index in [1.165, 1.54) is 30.8 Å². The van der Waals surface area contributed by atoms with Crippen molar-refractivity contribution in [3.05, 3.63) is 29.8 Å². The predicted molar refractivity (Wildman–Crippen MR) is 79.0 cm³/mol. The molecule has 0 bridgehead atoms. The molecule has 0 spiro atoms. The Morgan fingerprint density at radius 1 is 1.17 bits per heavy atom. The van der Waals surface area contributed by atoms with Crippen LogP contribution < -0.4 is 10.2 Å². The third-order valence-corrected chi connectivity index (χ3v) is 4.06. The van der Waals surface area contributed by atoms with Crippen LogP contribution in [0.4, 0.5) is 5.69 Å². The molecule has 1 aromatic carbocycles. The topological polar surface area (TPSA) is 15.3 Å². The molecular weight excluding hydrogens is 220 g/mol. The van der Waals surface area contributed by atoms with E-state index >= 15 is 0 Å². The molecular formula is C16H26N2. The van der Waals surface area contributed by atoms with Crippen LogP contribution in [-0.4, -0.2) is 19.6 Å². The zero-order valence-electron chi connectivity index (χ0n) is 11.9. The van der Waals surface area contributed by atoms with E-state index in [4.69, 9.17) is 0 Å². The molecule has 0 radical (unpaired) electrons. The number of benzene rings is 1. The molecule has 1 aliphatic heterocycles. The van der Waals surface area contributed by atoms with Crippen LogP contribution in [0.25, 0.3) is 0 Å². The zero-order chi connectivity index (χ0) is 13.0. The summed E-state index contributed by atoms with van der Waals surface area (Å²) in [5, 5.41) is 3.51. The summed E-state index contributed by atoms with van der Waals surface area (Å²) in [5.74, 6) is 1.61. The Bertz CT molecular complexity index is 365. The standard InChI is InChI=1S/C16H26N2/c1-4-9-17-10-15-7-5-6-8-16(15)18-11-13(2)14(3)12-18/h5-8,13-14,17H,4,9-12H2,1-3H3. The average Bonchev–Trinajstić information content (AvgIpc) is 2.70. The summed E-state index contributed by atoms with van der Waals surface area (Å²) in [6.07, 6.45) is 1.19. The molecule has 1 saturated heterocycles. The Labute approximate surface area is 111 Å². The molecule has 2 atom stereocenters. The van der Waals surface area contributed by atoms with Crippen LogP contribution >= 0.6 is 0 Å². The van der Waals surface area contributed by atoms with Crippen LogP contribution in [0, 0.1) is 11.8 Å². The largest absolute Gasteiger partial charge is 0.371 e. The Hall–Kier alpha value is -1.02. The highest BCUT2D eigenvalue weighted by Crippen LogP contribution is 2.29. The van der Waals surface area contributed by atoms with E-state index in [1.54, 1.807) is 0 Å². The van der Waals surface area contributed by atoms with Crippen molar-refractivity contribution < 1.29 is 0 Å². The van der Waals surface area contributed by atoms with Crippen molar-refractivity contribution >= 4 is 5.69 Å². The van der Waals surface area contributed by atoms with Gasteiger partial charge in [0.05, 0.1) is 0 Å². The highest BCUT2D eigenvalue weighted by atomic mass is 15.2. The number of nitrogens with zero attached hydrogens (tertiary/aromatic N) is 1. The van der Waals surface area contributed by atoms with E-state index in [-0.39, 0.29) is 0 Å². The molecule has 0 aromatic heterocycles. The van der Waals surface area contributed by atoms with Crippen molar-refractivity contribution in [2.45, 2.75) is 33.7 Å². The Morgan fingerprint density at radius 3 is 2.50 bits per heavy atom. The van der Waals surface area contributed by atoms with Crippen LogP contribution in [0.2, 0.25) is 0 Å². The van der Waals surface area contributed by atoms with E-state index < -0.39 is 0 Å². The average molecular weight is 246 g/mol. The molecule has 2 rings (SSSR count). The second kappa shape index (κ2) is 6.24. The third kappa shape index (κ3) is 3.05. The summed E-state index contributed by atoms with van der Waals surface area (Å²) in [6, 6.07) is 8.83. The first-order chi connectivity index (χ1) is 8.72. The lowest BCUT2D eigenvalue weighted by Crippen LogP contribution is -2.23. The fraction of sp³-hybridized carbons (Fsp3) is 0.625. The van der Waals surface area contributed by atoms with Gasteiger partial charge >= 0.3 is 0 Å². The van der Waals surface area contributed by atoms with E-state index in [1.807, 2.05) is 0 Å². The van der Waals surface area contributed by atoms with Crippen molar-refractivity contribution in [2.75, 3.05) is 24.5 Å². The van der Waals surface area contributed by atoms with Gasteiger partial charge in [0, 0.05) is 25.3 Å². The van der Waals surface area contributed by atoms with E-state index in [9.17, 15) is 0 Å². The smallest absolute Gasteiger partial charge is 0.0412 e. The van der Waals surface area contributed by atoms with Crippen molar-refractivity contribution in [2.24, 2.45) is 11.8 Å². The fourth-order valence-electron chi connectivity index (χ4n) is 2.70. The number of hydrogen-bond acceptors (Lipinski definition) is 2. The van der Waals surface area contributed by atoms with Gasteiger partial charge in [-0.1, -0.05) is 39.0 Å². The van der Waals surface area contributed by atoms with Gasteiger partial charge < -0.3 is 10.2 Å². The van der Waals surface area contributed by atoms with Crippen LogP contribution in [0.15, 0.2) is 24.3 Å².